The zero-order chi connectivity index (χ0) is 23.3. The van der Waals surface area contributed by atoms with E-state index in [1.807, 2.05) is 30.3 Å². The fourth-order valence-corrected chi connectivity index (χ4v) is 4.38. The predicted octanol–water partition coefficient (Wildman–Crippen LogP) is 7.98. The van der Waals surface area contributed by atoms with Gasteiger partial charge in [-0.05, 0) is 60.6 Å². The Morgan fingerprint density at radius 2 is 1.70 bits per heavy atom. The Morgan fingerprint density at radius 1 is 0.939 bits per heavy atom. The molecule has 0 spiro atoms. The van der Waals surface area contributed by atoms with Crippen molar-refractivity contribution >= 4 is 23.1 Å². The van der Waals surface area contributed by atoms with Gasteiger partial charge in [-0.1, -0.05) is 56.9 Å². The highest BCUT2D eigenvalue weighted by Gasteiger charge is 2.35. The Balaban J connectivity index is 1.55. The van der Waals surface area contributed by atoms with Crippen LogP contribution in [0.15, 0.2) is 54.7 Å². The molecule has 1 heterocycles. The van der Waals surface area contributed by atoms with E-state index in [1.165, 1.54) is 37.7 Å². The lowest BCUT2D eigenvalue weighted by Gasteiger charge is -2.22. The van der Waals surface area contributed by atoms with E-state index >= 15 is 0 Å². The fraction of sp³-hybridized carbons (Fsp3) is 0.385. The summed E-state index contributed by atoms with van der Waals surface area (Å²) in [7, 11) is 0. The number of nitrogens with zero attached hydrogens (tertiary/aromatic N) is 2. The number of anilines is 4. The minimum atomic E-state index is -4.57. The van der Waals surface area contributed by atoms with Crippen molar-refractivity contribution in [3.63, 3.8) is 0 Å². The molecule has 2 N–H and O–H groups in total. The standard InChI is InChI=1S/C26H29F3N4/c1-2-7-18-8-6-11-22(16-18)31-24-23(26(27,28)29)17-30-25(33-24)32-21-14-12-20(13-15-21)19-9-4-3-5-10-19/h6,8,11-17,19H,2-5,7,9-10H2,1H3,(H2,30,31,32,33). The van der Waals surface area contributed by atoms with Crippen LogP contribution >= 0.6 is 0 Å². The maximum Gasteiger partial charge on any atom is 0.421 e. The fourth-order valence-electron chi connectivity index (χ4n) is 4.38. The minimum absolute atomic E-state index is 0.112. The summed E-state index contributed by atoms with van der Waals surface area (Å²) in [6, 6.07) is 15.4. The maximum atomic E-state index is 13.6. The molecule has 1 aliphatic carbocycles. The van der Waals surface area contributed by atoms with Crippen molar-refractivity contribution in [2.24, 2.45) is 0 Å². The molecule has 3 aromatic rings. The predicted molar refractivity (Wildman–Crippen MR) is 126 cm³/mol. The average Bonchev–Trinajstić information content (AvgIpc) is 2.80. The van der Waals surface area contributed by atoms with Crippen molar-refractivity contribution in [2.45, 2.75) is 64.0 Å². The zero-order valence-electron chi connectivity index (χ0n) is 18.8. The molecule has 7 heteroatoms. The molecule has 0 atom stereocenters. The van der Waals surface area contributed by atoms with E-state index in [0.29, 0.717) is 11.6 Å². The molecule has 0 unspecified atom stereocenters. The average molecular weight is 455 g/mol. The summed E-state index contributed by atoms with van der Waals surface area (Å²) in [6.45, 7) is 2.06. The molecule has 0 bridgehead atoms. The summed E-state index contributed by atoms with van der Waals surface area (Å²) in [5.41, 5.74) is 2.77. The van der Waals surface area contributed by atoms with Crippen molar-refractivity contribution in [2.75, 3.05) is 10.6 Å². The number of aryl methyl sites for hydroxylation is 1. The van der Waals surface area contributed by atoms with Crippen molar-refractivity contribution < 1.29 is 13.2 Å². The smallest absolute Gasteiger partial charge is 0.340 e. The second-order valence-corrected chi connectivity index (χ2v) is 8.61. The number of hydrogen-bond acceptors (Lipinski definition) is 4. The Bertz CT molecular complexity index is 1060. The molecule has 2 aromatic carbocycles. The van der Waals surface area contributed by atoms with Gasteiger partial charge in [0.25, 0.3) is 0 Å². The molecule has 0 saturated heterocycles. The maximum absolute atomic E-state index is 13.6. The van der Waals surface area contributed by atoms with Crippen LogP contribution in [0.4, 0.5) is 36.3 Å². The van der Waals surface area contributed by atoms with Gasteiger partial charge >= 0.3 is 6.18 Å². The molecule has 0 amide bonds. The Labute approximate surface area is 192 Å². The lowest BCUT2D eigenvalue weighted by molar-refractivity contribution is -0.137. The Hall–Kier alpha value is -3.09. The monoisotopic (exact) mass is 454 g/mol. The van der Waals surface area contributed by atoms with E-state index in [1.54, 1.807) is 6.07 Å². The number of halogens is 3. The van der Waals surface area contributed by atoms with Gasteiger partial charge in [-0.25, -0.2) is 4.98 Å². The van der Waals surface area contributed by atoms with Gasteiger partial charge in [0.1, 0.15) is 11.4 Å². The molecule has 4 nitrogen and oxygen atoms in total. The number of hydrogen-bond donors (Lipinski definition) is 2. The molecule has 4 rings (SSSR count). The third-order valence-electron chi connectivity index (χ3n) is 6.07. The number of alkyl halides is 3. The van der Waals surface area contributed by atoms with Crippen LogP contribution in [0.3, 0.4) is 0 Å². The highest BCUT2D eigenvalue weighted by Crippen LogP contribution is 2.36. The van der Waals surface area contributed by atoms with Crippen LogP contribution in [-0.2, 0) is 12.6 Å². The molecule has 1 aliphatic rings. The molecule has 1 saturated carbocycles. The van der Waals surface area contributed by atoms with Gasteiger partial charge < -0.3 is 10.6 Å². The molecule has 0 radical (unpaired) electrons. The van der Waals surface area contributed by atoms with E-state index in [2.05, 4.69) is 39.7 Å². The van der Waals surface area contributed by atoms with Crippen LogP contribution in [-0.4, -0.2) is 9.97 Å². The van der Waals surface area contributed by atoms with Crippen LogP contribution in [0.5, 0.6) is 0 Å². The molecule has 174 valence electrons. The number of rotatable bonds is 7. The van der Waals surface area contributed by atoms with Gasteiger partial charge in [0, 0.05) is 17.6 Å². The summed E-state index contributed by atoms with van der Waals surface area (Å²) < 4.78 is 40.8. The summed E-state index contributed by atoms with van der Waals surface area (Å²) >= 11 is 0. The second-order valence-electron chi connectivity index (χ2n) is 8.61. The Kier molecular flexibility index (Phi) is 7.16. The number of benzene rings is 2. The van der Waals surface area contributed by atoms with E-state index < -0.39 is 11.7 Å². The van der Waals surface area contributed by atoms with Gasteiger partial charge in [0.15, 0.2) is 0 Å². The van der Waals surface area contributed by atoms with Crippen molar-refractivity contribution in [3.8, 4) is 0 Å². The van der Waals surface area contributed by atoms with Gasteiger partial charge in [-0.3, -0.25) is 0 Å². The summed E-state index contributed by atoms with van der Waals surface area (Å²) in [6.07, 6.45) is 4.33. The first-order chi connectivity index (χ1) is 15.9. The number of nitrogens with one attached hydrogen (secondary N) is 2. The third kappa shape index (κ3) is 6.03. The lowest BCUT2D eigenvalue weighted by Crippen LogP contribution is -2.12. The molecule has 1 aromatic heterocycles. The van der Waals surface area contributed by atoms with Crippen LogP contribution in [0.2, 0.25) is 0 Å². The third-order valence-corrected chi connectivity index (χ3v) is 6.07. The van der Waals surface area contributed by atoms with E-state index in [4.69, 9.17) is 0 Å². The quantitative estimate of drug-likeness (QED) is 0.380. The summed E-state index contributed by atoms with van der Waals surface area (Å²) in [4.78, 5) is 8.08. The normalized spacial score (nSPS) is 14.8. The SMILES string of the molecule is CCCc1cccc(Nc2nc(Nc3ccc(C4CCCCC4)cc3)ncc2C(F)(F)F)c1. The van der Waals surface area contributed by atoms with Crippen LogP contribution < -0.4 is 10.6 Å². The first-order valence-corrected chi connectivity index (χ1v) is 11.6. The molecule has 33 heavy (non-hydrogen) atoms. The van der Waals surface area contributed by atoms with Gasteiger partial charge in [0.2, 0.25) is 5.95 Å². The summed E-state index contributed by atoms with van der Waals surface area (Å²) in [5.74, 6) is 0.433. The first-order valence-electron chi connectivity index (χ1n) is 11.6. The second kappa shape index (κ2) is 10.2. The van der Waals surface area contributed by atoms with Crippen LogP contribution in [0.1, 0.15) is 68.1 Å². The number of aromatic nitrogens is 2. The van der Waals surface area contributed by atoms with Crippen LogP contribution in [0.25, 0.3) is 0 Å². The first kappa shape index (κ1) is 23.1. The molecular formula is C26H29F3N4. The zero-order valence-corrected chi connectivity index (χ0v) is 18.8. The topological polar surface area (TPSA) is 49.8 Å². The molecular weight excluding hydrogens is 425 g/mol. The van der Waals surface area contributed by atoms with Gasteiger partial charge in [-0.2, -0.15) is 18.2 Å². The molecule has 1 fully saturated rings. The van der Waals surface area contributed by atoms with Crippen molar-refractivity contribution in [1.82, 2.24) is 9.97 Å². The summed E-state index contributed by atoms with van der Waals surface area (Å²) in [5, 5.41) is 5.89. The van der Waals surface area contributed by atoms with Crippen molar-refractivity contribution in [1.29, 1.82) is 0 Å². The lowest BCUT2D eigenvalue weighted by atomic mass is 9.84. The molecule has 0 aliphatic heterocycles. The van der Waals surface area contributed by atoms with Crippen LogP contribution in [0, 0.1) is 0 Å². The van der Waals surface area contributed by atoms with E-state index in [-0.39, 0.29) is 11.8 Å². The van der Waals surface area contributed by atoms with E-state index in [0.717, 1.165) is 30.3 Å². The van der Waals surface area contributed by atoms with Gasteiger partial charge in [0.05, 0.1) is 0 Å². The highest BCUT2D eigenvalue weighted by molar-refractivity contribution is 5.63. The van der Waals surface area contributed by atoms with Gasteiger partial charge in [-0.15, -0.1) is 0 Å². The largest absolute Gasteiger partial charge is 0.421 e. The van der Waals surface area contributed by atoms with Crippen molar-refractivity contribution in [3.05, 3.63) is 71.4 Å². The highest BCUT2D eigenvalue weighted by atomic mass is 19.4. The van der Waals surface area contributed by atoms with E-state index in [9.17, 15) is 13.2 Å². The minimum Gasteiger partial charge on any atom is -0.340 e. The Morgan fingerprint density at radius 3 is 2.39 bits per heavy atom.